The lowest BCUT2D eigenvalue weighted by Gasteiger charge is -2.14. The van der Waals surface area contributed by atoms with E-state index in [2.05, 4.69) is 17.9 Å². The summed E-state index contributed by atoms with van der Waals surface area (Å²) >= 11 is 9.89. The topological polar surface area (TPSA) is 75.4 Å². The van der Waals surface area contributed by atoms with E-state index in [9.17, 15) is 9.18 Å². The summed E-state index contributed by atoms with van der Waals surface area (Å²) in [7, 11) is 0. The molecule has 2 rings (SSSR count). The molecule has 2 aromatic rings. The van der Waals surface area contributed by atoms with Gasteiger partial charge >= 0.3 is 5.97 Å². The predicted molar refractivity (Wildman–Crippen MR) is 79.8 cm³/mol. The van der Waals surface area contributed by atoms with Gasteiger partial charge in [-0.15, -0.1) is 12.6 Å². The summed E-state index contributed by atoms with van der Waals surface area (Å²) in [4.78, 5) is 11.3. The second-order valence-corrected chi connectivity index (χ2v) is 4.84. The Morgan fingerprint density at radius 1 is 1.40 bits per heavy atom. The van der Waals surface area contributed by atoms with Crippen LogP contribution in [0.2, 0.25) is 5.02 Å². The van der Waals surface area contributed by atoms with Crippen molar-refractivity contribution in [1.29, 1.82) is 0 Å². The van der Waals surface area contributed by atoms with Gasteiger partial charge < -0.3 is 16.2 Å². The lowest BCUT2D eigenvalue weighted by Crippen LogP contribution is -2.08. The van der Waals surface area contributed by atoms with Crippen LogP contribution < -0.4 is 11.1 Å². The second-order valence-electron chi connectivity index (χ2n) is 3.96. The van der Waals surface area contributed by atoms with Crippen LogP contribution in [0.5, 0.6) is 0 Å². The Balaban J connectivity index is 2.59. The maximum absolute atomic E-state index is 14.2. The van der Waals surface area contributed by atoms with Crippen molar-refractivity contribution in [2.45, 2.75) is 4.90 Å². The number of hydrogen-bond acceptors (Lipinski definition) is 4. The molecule has 7 heteroatoms. The van der Waals surface area contributed by atoms with Crippen LogP contribution in [0, 0.1) is 5.82 Å². The van der Waals surface area contributed by atoms with Crippen molar-refractivity contribution in [3.05, 3.63) is 46.7 Å². The molecule has 0 radical (unpaired) electrons. The first-order valence-corrected chi connectivity index (χ1v) is 6.30. The van der Waals surface area contributed by atoms with Crippen LogP contribution in [-0.2, 0) is 0 Å². The van der Waals surface area contributed by atoms with Gasteiger partial charge in [0.25, 0.3) is 0 Å². The van der Waals surface area contributed by atoms with E-state index >= 15 is 0 Å². The van der Waals surface area contributed by atoms with E-state index in [1.165, 1.54) is 6.07 Å². The van der Waals surface area contributed by atoms with Crippen molar-refractivity contribution >= 4 is 47.3 Å². The monoisotopic (exact) mass is 312 g/mol. The Morgan fingerprint density at radius 3 is 2.65 bits per heavy atom. The van der Waals surface area contributed by atoms with Crippen molar-refractivity contribution in [2.24, 2.45) is 0 Å². The number of aromatic carboxylic acids is 1. The summed E-state index contributed by atoms with van der Waals surface area (Å²) in [5.74, 6) is -2.18. The summed E-state index contributed by atoms with van der Waals surface area (Å²) in [5.41, 5.74) is 5.15. The van der Waals surface area contributed by atoms with Gasteiger partial charge in [-0.05, 0) is 18.2 Å². The Kier molecular flexibility index (Phi) is 4.06. The first-order chi connectivity index (χ1) is 9.41. The molecule has 4 nitrogen and oxygen atoms in total. The second kappa shape index (κ2) is 5.60. The van der Waals surface area contributed by atoms with Crippen molar-refractivity contribution in [3.63, 3.8) is 0 Å². The molecule has 2 aromatic carbocycles. The summed E-state index contributed by atoms with van der Waals surface area (Å²) in [6, 6.07) is 7.76. The number of nitrogen functional groups attached to an aromatic ring is 1. The molecule has 0 unspecified atom stereocenters. The molecular weight excluding hydrogens is 303 g/mol. The zero-order chi connectivity index (χ0) is 14.9. The molecule has 0 aromatic heterocycles. The van der Waals surface area contributed by atoms with E-state index in [1.54, 1.807) is 24.3 Å². The van der Waals surface area contributed by atoms with E-state index in [4.69, 9.17) is 22.4 Å². The van der Waals surface area contributed by atoms with Gasteiger partial charge in [0.1, 0.15) is 0 Å². The minimum absolute atomic E-state index is 0.0598. The maximum atomic E-state index is 14.2. The third-order valence-corrected chi connectivity index (χ3v) is 3.35. The third kappa shape index (κ3) is 2.66. The summed E-state index contributed by atoms with van der Waals surface area (Å²) in [5, 5.41) is 12.1. The van der Waals surface area contributed by atoms with E-state index < -0.39 is 11.8 Å². The van der Waals surface area contributed by atoms with Crippen molar-refractivity contribution in [3.8, 4) is 0 Å². The van der Waals surface area contributed by atoms with Gasteiger partial charge in [-0.25, -0.2) is 9.18 Å². The molecule has 4 N–H and O–H groups in total. The first-order valence-electron chi connectivity index (χ1n) is 5.47. The molecule has 0 bridgehead atoms. The SMILES string of the molecule is Nc1c(S)cc(C(=O)O)c(Nc2ccccc2Cl)c1F. The zero-order valence-corrected chi connectivity index (χ0v) is 11.7. The number of carbonyl (C=O) groups is 1. The molecule has 0 aliphatic heterocycles. The van der Waals surface area contributed by atoms with Crippen LogP contribution >= 0.6 is 24.2 Å². The summed E-state index contributed by atoms with van der Waals surface area (Å²) in [6.07, 6.45) is 0. The number of carboxylic acid groups (broad SMARTS) is 1. The number of para-hydroxylation sites is 1. The molecule has 0 aliphatic carbocycles. The number of anilines is 3. The summed E-state index contributed by atoms with van der Waals surface area (Å²) < 4.78 is 14.2. The van der Waals surface area contributed by atoms with E-state index in [0.29, 0.717) is 10.7 Å². The maximum Gasteiger partial charge on any atom is 0.337 e. The number of carboxylic acids is 1. The van der Waals surface area contributed by atoms with Gasteiger partial charge in [0, 0.05) is 4.90 Å². The van der Waals surface area contributed by atoms with Gasteiger partial charge in [-0.2, -0.15) is 0 Å². The third-order valence-electron chi connectivity index (χ3n) is 2.65. The molecule has 104 valence electrons. The highest BCUT2D eigenvalue weighted by atomic mass is 35.5. The van der Waals surface area contributed by atoms with Gasteiger partial charge in [0.05, 0.1) is 27.6 Å². The van der Waals surface area contributed by atoms with Gasteiger partial charge in [-0.1, -0.05) is 23.7 Å². The average molecular weight is 313 g/mol. The van der Waals surface area contributed by atoms with Gasteiger partial charge in [-0.3, -0.25) is 0 Å². The minimum atomic E-state index is -1.30. The standard InChI is InChI=1S/C13H10ClFN2O2S/c14-7-3-1-2-4-8(7)17-12-6(13(18)19)5-9(20)11(16)10(12)15/h1-5,17,20H,16H2,(H,18,19). The summed E-state index contributed by atoms with van der Waals surface area (Å²) in [6.45, 7) is 0. The number of thiol groups is 1. The smallest absolute Gasteiger partial charge is 0.337 e. The van der Waals surface area contributed by atoms with Crippen LogP contribution in [0.15, 0.2) is 35.2 Å². The molecular formula is C13H10ClFN2O2S. The van der Waals surface area contributed by atoms with Crippen molar-refractivity contribution in [2.75, 3.05) is 11.1 Å². The molecule has 0 aliphatic rings. The normalized spacial score (nSPS) is 10.3. The number of benzene rings is 2. The number of nitrogens with one attached hydrogen (secondary N) is 1. The average Bonchev–Trinajstić information content (AvgIpc) is 2.41. The van der Waals surface area contributed by atoms with Crippen LogP contribution in [0.3, 0.4) is 0 Å². The lowest BCUT2D eigenvalue weighted by molar-refractivity contribution is 0.0697. The molecule has 20 heavy (non-hydrogen) atoms. The molecule has 0 spiro atoms. The highest BCUT2D eigenvalue weighted by Gasteiger charge is 2.20. The van der Waals surface area contributed by atoms with Gasteiger partial charge in [0.15, 0.2) is 5.82 Å². The van der Waals surface area contributed by atoms with Crippen LogP contribution in [0.4, 0.5) is 21.5 Å². The van der Waals surface area contributed by atoms with E-state index in [0.717, 1.165) is 0 Å². The molecule has 0 saturated heterocycles. The number of rotatable bonds is 3. The zero-order valence-electron chi connectivity index (χ0n) is 10.0. The highest BCUT2D eigenvalue weighted by Crippen LogP contribution is 2.34. The van der Waals surface area contributed by atoms with Gasteiger partial charge in [0.2, 0.25) is 0 Å². The fourth-order valence-corrected chi connectivity index (χ4v) is 2.05. The number of hydrogen-bond donors (Lipinski definition) is 4. The predicted octanol–water partition coefficient (Wildman–Crippen LogP) is 3.79. The van der Waals surface area contributed by atoms with E-state index in [-0.39, 0.29) is 21.8 Å². The van der Waals surface area contributed by atoms with Crippen molar-refractivity contribution < 1.29 is 14.3 Å². The van der Waals surface area contributed by atoms with Crippen LogP contribution in [0.25, 0.3) is 0 Å². The Bertz CT molecular complexity index is 694. The molecule has 0 saturated carbocycles. The van der Waals surface area contributed by atoms with E-state index in [1.807, 2.05) is 0 Å². The molecule has 0 amide bonds. The molecule has 0 fully saturated rings. The molecule has 0 atom stereocenters. The Hall–Kier alpha value is -1.92. The fourth-order valence-electron chi connectivity index (χ4n) is 1.64. The quantitative estimate of drug-likeness (QED) is 0.514. The first kappa shape index (κ1) is 14.5. The molecule has 0 heterocycles. The highest BCUT2D eigenvalue weighted by molar-refractivity contribution is 7.80. The largest absolute Gasteiger partial charge is 0.478 e. The number of nitrogens with two attached hydrogens (primary N) is 1. The fraction of sp³-hybridized carbons (Fsp3) is 0. The van der Waals surface area contributed by atoms with Crippen LogP contribution in [0.1, 0.15) is 10.4 Å². The minimum Gasteiger partial charge on any atom is -0.478 e. The lowest BCUT2D eigenvalue weighted by atomic mass is 10.1. The Labute approximate surface area is 124 Å². The Morgan fingerprint density at radius 2 is 2.05 bits per heavy atom. The van der Waals surface area contributed by atoms with Crippen LogP contribution in [-0.4, -0.2) is 11.1 Å². The number of halogens is 2. The van der Waals surface area contributed by atoms with Crippen molar-refractivity contribution in [1.82, 2.24) is 0 Å².